The van der Waals surface area contributed by atoms with Crippen LogP contribution < -0.4 is 4.90 Å². The summed E-state index contributed by atoms with van der Waals surface area (Å²) in [6.07, 6.45) is 9.04. The number of allylic oxidation sites excluding steroid dienone is 4. The summed E-state index contributed by atoms with van der Waals surface area (Å²) < 4.78 is 8.64. The zero-order chi connectivity index (χ0) is 40.3. The van der Waals surface area contributed by atoms with Gasteiger partial charge in [0.1, 0.15) is 11.2 Å². The second-order valence-corrected chi connectivity index (χ2v) is 16.0. The lowest BCUT2D eigenvalue weighted by Gasteiger charge is -2.26. The Morgan fingerprint density at radius 3 is 1.74 bits per heavy atom. The lowest BCUT2D eigenvalue weighted by atomic mass is 9.98. The summed E-state index contributed by atoms with van der Waals surface area (Å²) in [5.74, 6) is 0. The molecular weight excluding hydrogens is 741 g/mol. The normalized spacial score (nSPS) is 12.8. The van der Waals surface area contributed by atoms with Crippen LogP contribution in [0.1, 0.15) is 18.4 Å². The maximum atomic E-state index is 6.24. The molecule has 0 spiro atoms. The zero-order valence-electron chi connectivity index (χ0n) is 33.5. The lowest BCUT2D eigenvalue weighted by Crippen LogP contribution is -2.10. The number of hydrogen-bond donors (Lipinski definition) is 0. The third-order valence-electron chi connectivity index (χ3n) is 12.4. The van der Waals surface area contributed by atoms with E-state index >= 15 is 0 Å². The number of para-hydroxylation sites is 2. The molecule has 1 aliphatic carbocycles. The fraction of sp³-hybridized carbons (Fsp3) is 0.0345. The van der Waals surface area contributed by atoms with Crippen molar-refractivity contribution in [2.24, 2.45) is 0 Å². The zero-order valence-corrected chi connectivity index (χ0v) is 33.5. The van der Waals surface area contributed by atoms with E-state index in [-0.39, 0.29) is 0 Å². The summed E-state index contributed by atoms with van der Waals surface area (Å²) in [6, 6.07) is 72.5. The molecule has 0 bridgehead atoms. The number of hydrogen-bond acceptors (Lipinski definition) is 2. The second-order valence-electron chi connectivity index (χ2n) is 16.0. The van der Waals surface area contributed by atoms with Crippen molar-refractivity contribution in [1.29, 1.82) is 0 Å². The van der Waals surface area contributed by atoms with E-state index in [1.165, 1.54) is 60.4 Å². The molecule has 0 N–H and O–H groups in total. The van der Waals surface area contributed by atoms with E-state index in [0.29, 0.717) is 0 Å². The van der Waals surface area contributed by atoms with Crippen molar-refractivity contribution in [2.75, 3.05) is 4.90 Å². The van der Waals surface area contributed by atoms with Gasteiger partial charge in [0, 0.05) is 44.3 Å². The minimum atomic E-state index is 0.905. The monoisotopic (exact) mass is 780 g/mol. The van der Waals surface area contributed by atoms with Gasteiger partial charge in [0.05, 0.1) is 11.0 Å². The van der Waals surface area contributed by atoms with E-state index in [2.05, 4.69) is 216 Å². The van der Waals surface area contributed by atoms with Gasteiger partial charge < -0.3 is 13.9 Å². The van der Waals surface area contributed by atoms with Gasteiger partial charge in [0.2, 0.25) is 0 Å². The van der Waals surface area contributed by atoms with Crippen LogP contribution in [0.3, 0.4) is 0 Å². The van der Waals surface area contributed by atoms with Gasteiger partial charge in [0.25, 0.3) is 0 Å². The van der Waals surface area contributed by atoms with Crippen LogP contribution in [0.4, 0.5) is 17.1 Å². The Balaban J connectivity index is 0.901. The first-order valence-corrected chi connectivity index (χ1v) is 21.1. The molecule has 2 heterocycles. The molecule has 0 amide bonds. The van der Waals surface area contributed by atoms with E-state index in [1.807, 2.05) is 12.1 Å². The number of nitrogens with zero attached hydrogens (tertiary/aromatic N) is 2. The Labute approximate surface area is 354 Å². The molecule has 0 fully saturated rings. The maximum absolute atomic E-state index is 6.24. The molecule has 0 saturated carbocycles. The minimum absolute atomic E-state index is 0.905. The van der Waals surface area contributed by atoms with Gasteiger partial charge in [0.15, 0.2) is 0 Å². The van der Waals surface area contributed by atoms with E-state index in [0.717, 1.165) is 63.1 Å². The fourth-order valence-corrected chi connectivity index (χ4v) is 9.51. The first-order chi connectivity index (χ1) is 30.2. The van der Waals surface area contributed by atoms with Gasteiger partial charge in [-0.15, -0.1) is 0 Å². The van der Waals surface area contributed by atoms with Crippen LogP contribution >= 0.6 is 0 Å². The second kappa shape index (κ2) is 14.4. The van der Waals surface area contributed by atoms with E-state index in [4.69, 9.17) is 4.42 Å². The highest BCUT2D eigenvalue weighted by molar-refractivity contribution is 6.21. The highest BCUT2D eigenvalue weighted by atomic mass is 16.3. The molecule has 3 heteroatoms. The predicted octanol–water partition coefficient (Wildman–Crippen LogP) is 16.4. The molecule has 0 atom stereocenters. The average molecular weight is 781 g/mol. The van der Waals surface area contributed by atoms with Crippen molar-refractivity contribution < 1.29 is 4.42 Å². The van der Waals surface area contributed by atoms with E-state index in [1.54, 1.807) is 0 Å². The highest BCUT2D eigenvalue weighted by Crippen LogP contribution is 2.41. The summed E-state index contributed by atoms with van der Waals surface area (Å²) in [5, 5.41) is 7.40. The van der Waals surface area contributed by atoms with Gasteiger partial charge in [-0.25, -0.2) is 0 Å². The number of benzene rings is 9. The number of fused-ring (bicyclic) bond motifs is 8. The molecular formula is C58H40N2O. The summed E-state index contributed by atoms with van der Waals surface area (Å²) in [6.45, 7) is 0. The molecule has 288 valence electrons. The van der Waals surface area contributed by atoms with E-state index in [9.17, 15) is 0 Å². The van der Waals surface area contributed by atoms with Crippen molar-refractivity contribution in [2.45, 2.75) is 12.8 Å². The highest BCUT2D eigenvalue weighted by Gasteiger charge is 2.18. The quantitative estimate of drug-likeness (QED) is 0.161. The van der Waals surface area contributed by atoms with Gasteiger partial charge >= 0.3 is 0 Å². The fourth-order valence-electron chi connectivity index (χ4n) is 9.51. The Morgan fingerprint density at radius 2 is 1.02 bits per heavy atom. The molecule has 61 heavy (non-hydrogen) atoms. The lowest BCUT2D eigenvalue weighted by molar-refractivity contribution is 0.669. The number of aromatic nitrogens is 1. The molecule has 9 aromatic carbocycles. The van der Waals surface area contributed by atoms with Crippen LogP contribution in [0.5, 0.6) is 0 Å². The third kappa shape index (κ3) is 5.97. The largest absolute Gasteiger partial charge is 0.456 e. The van der Waals surface area contributed by atoms with Gasteiger partial charge in [-0.2, -0.15) is 0 Å². The first kappa shape index (κ1) is 35.1. The van der Waals surface area contributed by atoms with Gasteiger partial charge in [-0.1, -0.05) is 146 Å². The summed E-state index contributed by atoms with van der Waals surface area (Å²) in [7, 11) is 0. The molecule has 0 unspecified atom stereocenters. The topological polar surface area (TPSA) is 21.3 Å². The molecule has 0 saturated heterocycles. The van der Waals surface area contributed by atoms with Crippen LogP contribution in [0.25, 0.3) is 88.0 Å². The van der Waals surface area contributed by atoms with E-state index < -0.39 is 0 Å². The molecule has 3 nitrogen and oxygen atoms in total. The van der Waals surface area contributed by atoms with Crippen LogP contribution in [-0.4, -0.2) is 4.57 Å². The molecule has 11 aromatic rings. The molecule has 1 aliphatic rings. The Morgan fingerprint density at radius 1 is 0.410 bits per heavy atom. The van der Waals surface area contributed by atoms with Crippen LogP contribution in [0.15, 0.2) is 223 Å². The Bertz CT molecular complexity index is 3490. The smallest absolute Gasteiger partial charge is 0.136 e. The van der Waals surface area contributed by atoms with Crippen LogP contribution in [0, 0.1) is 0 Å². The molecule has 12 rings (SSSR count). The molecule has 2 aromatic heterocycles. The van der Waals surface area contributed by atoms with Crippen LogP contribution in [0.2, 0.25) is 0 Å². The Hall–Kier alpha value is -7.88. The summed E-state index contributed by atoms with van der Waals surface area (Å²) >= 11 is 0. The number of furan rings is 1. The third-order valence-corrected chi connectivity index (χ3v) is 12.4. The van der Waals surface area contributed by atoms with Crippen molar-refractivity contribution in [1.82, 2.24) is 4.57 Å². The van der Waals surface area contributed by atoms with Gasteiger partial charge in [-0.05, 0) is 130 Å². The molecule has 0 aliphatic heterocycles. The summed E-state index contributed by atoms with van der Waals surface area (Å²) in [4.78, 5) is 2.35. The maximum Gasteiger partial charge on any atom is 0.136 e. The van der Waals surface area contributed by atoms with Crippen molar-refractivity contribution in [3.05, 3.63) is 224 Å². The number of rotatable bonds is 7. The van der Waals surface area contributed by atoms with Crippen molar-refractivity contribution >= 4 is 77.2 Å². The Kier molecular flexibility index (Phi) is 8.31. The average Bonchev–Trinajstić information content (AvgIpc) is 3.89. The first-order valence-electron chi connectivity index (χ1n) is 21.1. The SMILES string of the molecule is C1=CC(c2ccc(N(c3ccc(-c4ccc(-n5c6ccccc6c6c7ccccc7ccc65)cc4)cc3)c3ccc(-c4cccc5oc6ccccc6c45)cc3)cc2)=CCC1. The standard InChI is InChI=1S/C58H40N2O/c1-2-11-39(12-3-1)40-21-30-45(31-22-40)59(47-36-27-44(28-37-47)50-17-10-20-56-58(50)52-16-7-9-19-55(52)61-56)46-32-23-41(24-33-46)42-25-34-48(35-26-42)60-53-18-8-6-15-51(53)57-49-14-5-4-13-43(49)29-38-54(57)60/h2,4-38H,1,3H2. The number of anilines is 3. The summed E-state index contributed by atoms with van der Waals surface area (Å²) in [5.41, 5.74) is 15.9. The molecule has 0 radical (unpaired) electrons. The van der Waals surface area contributed by atoms with Crippen LogP contribution in [-0.2, 0) is 0 Å². The minimum Gasteiger partial charge on any atom is -0.456 e. The van der Waals surface area contributed by atoms with Crippen molar-refractivity contribution in [3.8, 4) is 27.9 Å². The van der Waals surface area contributed by atoms with Gasteiger partial charge in [-0.3, -0.25) is 0 Å². The predicted molar refractivity (Wildman–Crippen MR) is 257 cm³/mol. The van der Waals surface area contributed by atoms with Crippen molar-refractivity contribution in [3.63, 3.8) is 0 Å².